The van der Waals surface area contributed by atoms with Crippen molar-refractivity contribution < 1.29 is 4.42 Å². The zero-order valence-corrected chi connectivity index (χ0v) is 29.6. The van der Waals surface area contributed by atoms with Crippen LogP contribution in [0.2, 0.25) is 0 Å². The van der Waals surface area contributed by atoms with E-state index >= 15 is 0 Å². The number of hydrogen-bond acceptors (Lipinski definition) is 2. The van der Waals surface area contributed by atoms with Gasteiger partial charge >= 0.3 is 0 Å². The maximum atomic E-state index is 6.32. The maximum Gasteiger partial charge on any atom is 0.135 e. The van der Waals surface area contributed by atoms with Crippen molar-refractivity contribution in [1.82, 2.24) is 0 Å². The molecule has 1 aromatic heterocycles. The fourth-order valence-electron chi connectivity index (χ4n) is 7.69. The summed E-state index contributed by atoms with van der Waals surface area (Å²) >= 11 is 0. The van der Waals surface area contributed by atoms with Crippen molar-refractivity contribution in [2.45, 2.75) is 0 Å². The fourth-order valence-corrected chi connectivity index (χ4v) is 7.69. The minimum Gasteiger partial charge on any atom is -0.456 e. The molecule has 0 aliphatic heterocycles. The molecule has 9 aromatic carbocycles. The fraction of sp³-hybridized carbons (Fsp3) is 0. The van der Waals surface area contributed by atoms with Gasteiger partial charge in [0.1, 0.15) is 11.3 Å². The number of para-hydroxylation sites is 1. The van der Waals surface area contributed by atoms with Crippen molar-refractivity contribution in [2.24, 2.45) is 0 Å². The van der Waals surface area contributed by atoms with Gasteiger partial charge in [0.15, 0.2) is 0 Å². The van der Waals surface area contributed by atoms with Crippen LogP contribution in [-0.2, 0) is 0 Å². The van der Waals surface area contributed by atoms with Crippen molar-refractivity contribution in [2.75, 3.05) is 4.90 Å². The summed E-state index contributed by atoms with van der Waals surface area (Å²) < 4.78 is 6.32. The first kappa shape index (κ1) is 31.6. The van der Waals surface area contributed by atoms with Gasteiger partial charge in [-0.3, -0.25) is 0 Å². The Bertz CT molecular complexity index is 2900. The van der Waals surface area contributed by atoms with Gasteiger partial charge in [0.2, 0.25) is 0 Å². The molecule has 54 heavy (non-hydrogen) atoms. The molecule has 2 heteroatoms. The predicted octanol–water partition coefficient (Wildman–Crippen LogP) is 14.9. The molecule has 0 unspecified atom stereocenters. The van der Waals surface area contributed by atoms with Gasteiger partial charge in [-0.25, -0.2) is 0 Å². The first-order valence-electron chi connectivity index (χ1n) is 18.4. The Balaban J connectivity index is 1.03. The molecular weight excluding hydrogens is 655 g/mol. The van der Waals surface area contributed by atoms with Gasteiger partial charge in [0.05, 0.1) is 0 Å². The predicted molar refractivity (Wildman–Crippen MR) is 228 cm³/mol. The topological polar surface area (TPSA) is 16.4 Å². The van der Waals surface area contributed by atoms with Crippen molar-refractivity contribution in [1.29, 1.82) is 0 Å². The van der Waals surface area contributed by atoms with E-state index in [2.05, 4.69) is 199 Å². The highest BCUT2D eigenvalue weighted by Crippen LogP contribution is 2.40. The van der Waals surface area contributed by atoms with Crippen molar-refractivity contribution >= 4 is 49.6 Å². The zero-order chi connectivity index (χ0) is 35.8. The van der Waals surface area contributed by atoms with Crippen molar-refractivity contribution in [3.63, 3.8) is 0 Å². The smallest absolute Gasteiger partial charge is 0.135 e. The first-order chi connectivity index (χ1) is 26.7. The molecular formula is C52H35NO. The van der Waals surface area contributed by atoms with E-state index < -0.39 is 0 Å². The van der Waals surface area contributed by atoms with Crippen LogP contribution in [0.1, 0.15) is 0 Å². The number of benzene rings is 9. The zero-order valence-electron chi connectivity index (χ0n) is 29.6. The monoisotopic (exact) mass is 689 g/mol. The van der Waals surface area contributed by atoms with E-state index in [1.807, 2.05) is 18.2 Å². The average Bonchev–Trinajstić information content (AvgIpc) is 3.69. The number of rotatable bonds is 7. The highest BCUT2D eigenvalue weighted by Gasteiger charge is 2.16. The van der Waals surface area contributed by atoms with Crippen LogP contribution in [0.25, 0.3) is 77.2 Å². The number of furan rings is 1. The summed E-state index contributed by atoms with van der Waals surface area (Å²) in [6.07, 6.45) is 0. The molecule has 0 radical (unpaired) electrons. The lowest BCUT2D eigenvalue weighted by atomic mass is 9.96. The van der Waals surface area contributed by atoms with Gasteiger partial charge in [0.25, 0.3) is 0 Å². The molecule has 0 amide bonds. The molecule has 0 fully saturated rings. The Morgan fingerprint density at radius 3 is 1.63 bits per heavy atom. The molecule has 0 saturated heterocycles. The quantitative estimate of drug-likeness (QED) is 0.166. The summed E-state index contributed by atoms with van der Waals surface area (Å²) in [5.41, 5.74) is 12.3. The molecule has 2 nitrogen and oxygen atoms in total. The third kappa shape index (κ3) is 5.90. The van der Waals surface area contributed by atoms with Gasteiger partial charge in [-0.05, 0) is 110 Å². The molecule has 0 aliphatic carbocycles. The number of hydrogen-bond donors (Lipinski definition) is 0. The van der Waals surface area contributed by atoms with Gasteiger partial charge in [-0.1, -0.05) is 158 Å². The summed E-state index contributed by atoms with van der Waals surface area (Å²) in [5.74, 6) is 0.852. The van der Waals surface area contributed by atoms with Gasteiger partial charge < -0.3 is 9.32 Å². The van der Waals surface area contributed by atoms with Crippen LogP contribution in [0.15, 0.2) is 217 Å². The highest BCUT2D eigenvalue weighted by molar-refractivity contribution is 5.97. The molecule has 0 saturated carbocycles. The van der Waals surface area contributed by atoms with E-state index in [9.17, 15) is 0 Å². The second-order valence-corrected chi connectivity index (χ2v) is 13.8. The van der Waals surface area contributed by atoms with Crippen molar-refractivity contribution in [3.05, 3.63) is 212 Å². The molecule has 0 atom stereocenters. The standard InChI is InChI=1S/C52H35NO/c1-2-12-41-32-43(27-24-36(41)10-1)42-15-7-17-47(33-42)53(48-18-8-16-44(34-48)52-35-45-13-4-6-21-51(45)54-52)46-30-28-38(29-31-46)37-22-25-40(26-23-37)50-20-9-14-39-11-3-5-19-49(39)50/h1-35H. The number of anilines is 3. The minimum atomic E-state index is 0.852. The highest BCUT2D eigenvalue weighted by atomic mass is 16.3. The molecule has 10 aromatic rings. The van der Waals surface area contributed by atoms with E-state index in [-0.39, 0.29) is 0 Å². The van der Waals surface area contributed by atoms with E-state index in [4.69, 9.17) is 4.42 Å². The lowest BCUT2D eigenvalue weighted by Crippen LogP contribution is -2.10. The molecule has 0 N–H and O–H groups in total. The lowest BCUT2D eigenvalue weighted by Gasteiger charge is -2.26. The summed E-state index contributed by atoms with van der Waals surface area (Å²) in [6, 6.07) is 75.9. The summed E-state index contributed by atoms with van der Waals surface area (Å²) in [5, 5.41) is 6.09. The van der Waals surface area contributed by atoms with Crippen LogP contribution < -0.4 is 4.90 Å². The Morgan fingerprint density at radius 1 is 0.296 bits per heavy atom. The number of nitrogens with zero attached hydrogens (tertiary/aromatic N) is 1. The van der Waals surface area contributed by atoms with Crippen LogP contribution >= 0.6 is 0 Å². The average molecular weight is 690 g/mol. The molecule has 254 valence electrons. The van der Waals surface area contributed by atoms with E-state index in [0.717, 1.165) is 39.4 Å². The Hall–Kier alpha value is -7.16. The normalized spacial score (nSPS) is 11.3. The van der Waals surface area contributed by atoms with E-state index in [1.54, 1.807) is 0 Å². The largest absolute Gasteiger partial charge is 0.456 e. The molecule has 1 heterocycles. The van der Waals surface area contributed by atoms with Crippen LogP contribution in [-0.4, -0.2) is 0 Å². The third-order valence-corrected chi connectivity index (χ3v) is 10.4. The Labute approximate surface area is 314 Å². The minimum absolute atomic E-state index is 0.852. The van der Waals surface area contributed by atoms with Crippen molar-refractivity contribution in [3.8, 4) is 44.7 Å². The van der Waals surface area contributed by atoms with Gasteiger partial charge in [-0.15, -0.1) is 0 Å². The third-order valence-electron chi connectivity index (χ3n) is 10.4. The van der Waals surface area contributed by atoms with E-state index in [0.29, 0.717) is 0 Å². The molecule has 0 aliphatic rings. The molecule has 0 bridgehead atoms. The Kier molecular flexibility index (Phi) is 7.85. The van der Waals surface area contributed by atoms with Crippen LogP contribution in [0.3, 0.4) is 0 Å². The van der Waals surface area contributed by atoms with Crippen LogP contribution in [0.4, 0.5) is 17.1 Å². The maximum absolute atomic E-state index is 6.32. The SMILES string of the molecule is c1cc(-c2ccc3ccccc3c2)cc(N(c2ccc(-c3ccc(-c4cccc5ccccc45)cc3)cc2)c2cccc(-c3cc4ccccc4o3)c2)c1. The first-order valence-corrected chi connectivity index (χ1v) is 18.4. The lowest BCUT2D eigenvalue weighted by molar-refractivity contribution is 0.631. The van der Waals surface area contributed by atoms with E-state index in [1.165, 1.54) is 54.9 Å². The second kappa shape index (κ2) is 13.4. The Morgan fingerprint density at radius 2 is 0.852 bits per heavy atom. The number of fused-ring (bicyclic) bond motifs is 3. The van der Waals surface area contributed by atoms with Crippen LogP contribution in [0, 0.1) is 0 Å². The van der Waals surface area contributed by atoms with Gasteiger partial charge in [0, 0.05) is 28.0 Å². The summed E-state index contributed by atoms with van der Waals surface area (Å²) in [7, 11) is 0. The summed E-state index contributed by atoms with van der Waals surface area (Å²) in [4.78, 5) is 2.34. The van der Waals surface area contributed by atoms with Gasteiger partial charge in [-0.2, -0.15) is 0 Å². The summed E-state index contributed by atoms with van der Waals surface area (Å²) in [6.45, 7) is 0. The second-order valence-electron chi connectivity index (χ2n) is 13.8. The molecule has 10 rings (SSSR count). The molecule has 0 spiro atoms. The van der Waals surface area contributed by atoms with Crippen LogP contribution in [0.5, 0.6) is 0 Å².